The van der Waals surface area contributed by atoms with Crippen molar-refractivity contribution < 1.29 is 9.53 Å². The van der Waals surface area contributed by atoms with Gasteiger partial charge in [-0.05, 0) is 31.4 Å². The van der Waals surface area contributed by atoms with Crippen molar-refractivity contribution in [2.24, 2.45) is 0 Å². The minimum Gasteiger partial charge on any atom is -0.488 e. The van der Waals surface area contributed by atoms with E-state index in [0.717, 1.165) is 25.0 Å². The Kier molecular flexibility index (Phi) is 3.42. The van der Waals surface area contributed by atoms with Crippen molar-refractivity contribution in [3.8, 4) is 5.75 Å². The third kappa shape index (κ3) is 3.07. The molecule has 1 heterocycles. The lowest BCUT2D eigenvalue weighted by atomic mass is 10.1. The molecule has 0 radical (unpaired) electrons. The van der Waals surface area contributed by atoms with Crippen LogP contribution in [0.15, 0.2) is 24.3 Å². The molecule has 1 saturated carbocycles. The van der Waals surface area contributed by atoms with Crippen molar-refractivity contribution in [2.75, 3.05) is 6.54 Å². The number of carbonyl (C=O) groups excluding carboxylic acids is 1. The maximum Gasteiger partial charge on any atom is 0.237 e. The zero-order chi connectivity index (χ0) is 13.2. The highest BCUT2D eigenvalue weighted by Crippen LogP contribution is 2.27. The van der Waals surface area contributed by atoms with Crippen LogP contribution in [0.5, 0.6) is 5.75 Å². The molecule has 1 fully saturated rings. The minimum absolute atomic E-state index is 0.0954. The van der Waals surface area contributed by atoms with Crippen LogP contribution >= 0.6 is 0 Å². The molecule has 2 N–H and O–H groups in total. The Hall–Kier alpha value is -1.55. The topological polar surface area (TPSA) is 50.4 Å². The fourth-order valence-electron chi connectivity index (χ4n) is 2.32. The zero-order valence-corrected chi connectivity index (χ0v) is 11.2. The number of nitrogens with one attached hydrogen (secondary N) is 2. The lowest BCUT2D eigenvalue weighted by Gasteiger charge is -2.17. The SMILES string of the molecule is CC(NCC1Cc2ccccc2O1)C(=O)NC1CC1. The molecule has 19 heavy (non-hydrogen) atoms. The Morgan fingerprint density at radius 3 is 2.95 bits per heavy atom. The van der Waals surface area contributed by atoms with Crippen molar-refractivity contribution >= 4 is 5.91 Å². The van der Waals surface area contributed by atoms with Gasteiger partial charge in [0, 0.05) is 19.0 Å². The van der Waals surface area contributed by atoms with Gasteiger partial charge in [0.1, 0.15) is 11.9 Å². The van der Waals surface area contributed by atoms with Gasteiger partial charge in [-0.25, -0.2) is 0 Å². The van der Waals surface area contributed by atoms with E-state index in [1.807, 2.05) is 25.1 Å². The summed E-state index contributed by atoms with van der Waals surface area (Å²) in [6, 6.07) is 8.37. The fraction of sp³-hybridized carbons (Fsp3) is 0.533. The molecule has 0 saturated heterocycles. The molecule has 1 aliphatic carbocycles. The van der Waals surface area contributed by atoms with Crippen LogP contribution in [0, 0.1) is 0 Å². The molecule has 1 aromatic rings. The Labute approximate surface area is 113 Å². The number of hydrogen-bond donors (Lipinski definition) is 2. The van der Waals surface area contributed by atoms with E-state index >= 15 is 0 Å². The predicted octanol–water partition coefficient (Wildman–Crippen LogP) is 1.25. The molecular formula is C15H20N2O2. The van der Waals surface area contributed by atoms with E-state index in [1.165, 1.54) is 5.56 Å². The van der Waals surface area contributed by atoms with E-state index in [9.17, 15) is 4.79 Å². The Morgan fingerprint density at radius 1 is 1.42 bits per heavy atom. The quantitative estimate of drug-likeness (QED) is 0.837. The van der Waals surface area contributed by atoms with Crippen LogP contribution in [0.2, 0.25) is 0 Å². The second-order valence-corrected chi connectivity index (χ2v) is 5.46. The van der Waals surface area contributed by atoms with E-state index in [0.29, 0.717) is 12.6 Å². The van der Waals surface area contributed by atoms with Gasteiger partial charge in [0.15, 0.2) is 0 Å². The summed E-state index contributed by atoms with van der Waals surface area (Å²) in [6.45, 7) is 2.60. The molecule has 102 valence electrons. The van der Waals surface area contributed by atoms with Gasteiger partial charge in [-0.3, -0.25) is 4.79 Å². The molecule has 1 aliphatic heterocycles. The predicted molar refractivity (Wildman–Crippen MR) is 73.2 cm³/mol. The Balaban J connectivity index is 1.44. The first-order chi connectivity index (χ1) is 9.22. The molecule has 4 heteroatoms. The summed E-state index contributed by atoms with van der Waals surface area (Å²) in [5.41, 5.74) is 1.25. The van der Waals surface area contributed by atoms with Crippen LogP contribution in [-0.4, -0.2) is 30.6 Å². The normalized spacial score (nSPS) is 22.5. The maximum atomic E-state index is 11.8. The van der Waals surface area contributed by atoms with E-state index in [4.69, 9.17) is 4.74 Å². The van der Waals surface area contributed by atoms with Crippen LogP contribution in [0.25, 0.3) is 0 Å². The van der Waals surface area contributed by atoms with Gasteiger partial charge in [-0.2, -0.15) is 0 Å². The summed E-state index contributed by atoms with van der Waals surface area (Å²) >= 11 is 0. The second-order valence-electron chi connectivity index (χ2n) is 5.46. The first-order valence-corrected chi connectivity index (χ1v) is 7.00. The van der Waals surface area contributed by atoms with Crippen molar-refractivity contribution in [3.63, 3.8) is 0 Å². The minimum atomic E-state index is -0.159. The number of para-hydroxylation sites is 1. The standard InChI is InChI=1S/C15H20N2O2/c1-10(15(18)17-12-6-7-12)16-9-13-8-11-4-2-3-5-14(11)19-13/h2-5,10,12-13,16H,6-9H2,1H3,(H,17,18). The molecule has 3 rings (SSSR count). The van der Waals surface area contributed by atoms with E-state index < -0.39 is 0 Å². The summed E-state index contributed by atoms with van der Waals surface area (Å²) < 4.78 is 5.84. The average Bonchev–Trinajstić information content (AvgIpc) is 3.12. The van der Waals surface area contributed by atoms with Crippen LogP contribution < -0.4 is 15.4 Å². The molecule has 4 nitrogen and oxygen atoms in total. The number of amides is 1. The van der Waals surface area contributed by atoms with E-state index in [1.54, 1.807) is 0 Å². The van der Waals surface area contributed by atoms with Crippen LogP contribution in [-0.2, 0) is 11.2 Å². The zero-order valence-electron chi connectivity index (χ0n) is 11.2. The monoisotopic (exact) mass is 260 g/mol. The maximum absolute atomic E-state index is 11.8. The summed E-state index contributed by atoms with van der Waals surface area (Å²) in [5.74, 6) is 1.07. The molecule has 1 aromatic carbocycles. The highest BCUT2D eigenvalue weighted by atomic mass is 16.5. The lowest BCUT2D eigenvalue weighted by molar-refractivity contribution is -0.122. The van der Waals surface area contributed by atoms with Crippen molar-refractivity contribution in [3.05, 3.63) is 29.8 Å². The van der Waals surface area contributed by atoms with Gasteiger partial charge in [-0.15, -0.1) is 0 Å². The van der Waals surface area contributed by atoms with Crippen LogP contribution in [0.1, 0.15) is 25.3 Å². The Morgan fingerprint density at radius 2 is 2.21 bits per heavy atom. The molecule has 0 bridgehead atoms. The summed E-state index contributed by atoms with van der Waals surface area (Å²) in [5, 5.41) is 6.26. The number of benzene rings is 1. The van der Waals surface area contributed by atoms with Gasteiger partial charge >= 0.3 is 0 Å². The number of carbonyl (C=O) groups is 1. The highest BCUT2D eigenvalue weighted by molar-refractivity contribution is 5.81. The van der Waals surface area contributed by atoms with Gasteiger partial charge in [-0.1, -0.05) is 18.2 Å². The number of ether oxygens (including phenoxy) is 1. The van der Waals surface area contributed by atoms with Crippen molar-refractivity contribution in [1.82, 2.24) is 10.6 Å². The largest absolute Gasteiger partial charge is 0.488 e. The summed E-state index contributed by atoms with van der Waals surface area (Å²) in [6.07, 6.45) is 3.30. The Bertz CT molecular complexity index is 446. The number of rotatable bonds is 5. The van der Waals surface area contributed by atoms with Crippen LogP contribution in [0.3, 0.4) is 0 Å². The second kappa shape index (κ2) is 5.21. The molecule has 2 atom stereocenters. The van der Waals surface area contributed by atoms with Crippen molar-refractivity contribution in [2.45, 2.75) is 44.4 Å². The molecule has 1 amide bonds. The molecule has 2 aliphatic rings. The average molecular weight is 260 g/mol. The fourth-order valence-corrected chi connectivity index (χ4v) is 2.32. The summed E-state index contributed by atoms with van der Waals surface area (Å²) in [7, 11) is 0. The first-order valence-electron chi connectivity index (χ1n) is 7.00. The highest BCUT2D eigenvalue weighted by Gasteiger charge is 2.27. The van der Waals surface area contributed by atoms with Gasteiger partial charge < -0.3 is 15.4 Å². The third-order valence-electron chi connectivity index (χ3n) is 3.68. The van der Waals surface area contributed by atoms with Crippen LogP contribution in [0.4, 0.5) is 0 Å². The molecule has 2 unspecified atom stereocenters. The summed E-state index contributed by atoms with van der Waals surface area (Å²) in [4.78, 5) is 11.8. The molecule has 0 spiro atoms. The lowest BCUT2D eigenvalue weighted by Crippen LogP contribution is -2.46. The molecule has 0 aromatic heterocycles. The van der Waals surface area contributed by atoms with Gasteiger partial charge in [0.2, 0.25) is 5.91 Å². The number of fused-ring (bicyclic) bond motifs is 1. The number of hydrogen-bond acceptors (Lipinski definition) is 3. The van der Waals surface area contributed by atoms with Gasteiger partial charge in [0.25, 0.3) is 0 Å². The smallest absolute Gasteiger partial charge is 0.237 e. The van der Waals surface area contributed by atoms with Gasteiger partial charge in [0.05, 0.1) is 6.04 Å². The first kappa shape index (κ1) is 12.5. The van der Waals surface area contributed by atoms with Crippen molar-refractivity contribution in [1.29, 1.82) is 0 Å². The van der Waals surface area contributed by atoms with E-state index in [2.05, 4.69) is 16.7 Å². The molecular weight excluding hydrogens is 240 g/mol. The third-order valence-corrected chi connectivity index (χ3v) is 3.68. The van der Waals surface area contributed by atoms with E-state index in [-0.39, 0.29) is 18.1 Å².